The van der Waals surface area contributed by atoms with E-state index in [0.29, 0.717) is 20.6 Å². The third-order valence-corrected chi connectivity index (χ3v) is 3.43. The molecule has 0 atom stereocenters. The van der Waals surface area contributed by atoms with Crippen molar-refractivity contribution >= 4 is 27.5 Å². The summed E-state index contributed by atoms with van der Waals surface area (Å²) in [4.78, 5) is 4.15. The number of hydrogen-bond donors (Lipinski definition) is 1. The second-order valence-corrected chi connectivity index (χ2v) is 5.59. The molecule has 0 aliphatic rings. The summed E-state index contributed by atoms with van der Waals surface area (Å²) in [6.07, 6.45) is 0. The molecular weight excluding hydrogens is 363 g/mol. The highest BCUT2D eigenvalue weighted by Gasteiger charge is 2.15. The third-order valence-electron chi connectivity index (χ3n) is 2.74. The molecule has 0 fully saturated rings. The Balaban J connectivity index is 2.05. The number of halogens is 3. The van der Waals surface area contributed by atoms with Gasteiger partial charge in [-0.2, -0.15) is 4.98 Å². The molecule has 2 aromatic carbocycles. The summed E-state index contributed by atoms with van der Waals surface area (Å²) in [5.41, 5.74) is 0.773. The SMILES string of the molecule is Oc1ccc(Cl)cc1-c1nc(-c2cc(F)cc(Br)c2)no1. The lowest BCUT2D eigenvalue weighted by Crippen LogP contribution is -1.84. The van der Waals surface area contributed by atoms with Crippen LogP contribution in [0.3, 0.4) is 0 Å². The summed E-state index contributed by atoms with van der Waals surface area (Å²) < 4.78 is 19.1. The zero-order chi connectivity index (χ0) is 15.0. The van der Waals surface area contributed by atoms with Crippen LogP contribution in [0.5, 0.6) is 5.75 Å². The Kier molecular flexibility index (Phi) is 3.65. The molecule has 21 heavy (non-hydrogen) atoms. The number of phenols is 1. The number of aromatic nitrogens is 2. The van der Waals surface area contributed by atoms with Gasteiger partial charge >= 0.3 is 0 Å². The van der Waals surface area contributed by atoms with Gasteiger partial charge in [0.15, 0.2) is 0 Å². The Labute approximate surface area is 132 Å². The molecular formula is C14H7BrClFN2O2. The van der Waals surface area contributed by atoms with Crippen LogP contribution in [0.25, 0.3) is 22.8 Å². The van der Waals surface area contributed by atoms with Crippen LogP contribution in [0.1, 0.15) is 0 Å². The van der Waals surface area contributed by atoms with Gasteiger partial charge in [-0.25, -0.2) is 4.39 Å². The molecule has 3 rings (SSSR count). The van der Waals surface area contributed by atoms with E-state index in [1.54, 1.807) is 12.1 Å². The second kappa shape index (κ2) is 5.46. The fraction of sp³-hybridized carbons (Fsp3) is 0. The summed E-state index contributed by atoms with van der Waals surface area (Å²) >= 11 is 9.07. The third kappa shape index (κ3) is 2.91. The van der Waals surface area contributed by atoms with Gasteiger partial charge in [-0.15, -0.1) is 0 Å². The Morgan fingerprint density at radius 3 is 2.76 bits per heavy atom. The maximum Gasteiger partial charge on any atom is 0.262 e. The molecule has 7 heteroatoms. The molecule has 0 radical (unpaired) electrons. The molecule has 106 valence electrons. The summed E-state index contributed by atoms with van der Waals surface area (Å²) in [6, 6.07) is 8.76. The first-order valence-corrected chi connectivity index (χ1v) is 6.99. The van der Waals surface area contributed by atoms with Crippen LogP contribution in [0, 0.1) is 5.82 Å². The van der Waals surface area contributed by atoms with Gasteiger partial charge in [0.05, 0.1) is 5.56 Å². The van der Waals surface area contributed by atoms with Crippen LogP contribution in [-0.2, 0) is 0 Å². The highest BCUT2D eigenvalue weighted by atomic mass is 79.9. The van der Waals surface area contributed by atoms with Crippen molar-refractivity contribution in [3.05, 3.63) is 51.7 Å². The maximum absolute atomic E-state index is 13.4. The van der Waals surface area contributed by atoms with Gasteiger partial charge in [-0.1, -0.05) is 32.7 Å². The fourth-order valence-electron chi connectivity index (χ4n) is 1.81. The van der Waals surface area contributed by atoms with Gasteiger partial charge in [0, 0.05) is 15.1 Å². The average molecular weight is 370 g/mol. The lowest BCUT2D eigenvalue weighted by Gasteiger charge is -1.99. The van der Waals surface area contributed by atoms with Crippen LogP contribution in [0.4, 0.5) is 4.39 Å². The lowest BCUT2D eigenvalue weighted by atomic mass is 10.2. The summed E-state index contributed by atoms with van der Waals surface area (Å²) in [5, 5.41) is 14.0. The van der Waals surface area contributed by atoms with Crippen molar-refractivity contribution in [2.45, 2.75) is 0 Å². The minimum atomic E-state index is -0.420. The monoisotopic (exact) mass is 368 g/mol. The molecule has 0 bridgehead atoms. The Bertz CT molecular complexity index is 802. The van der Waals surface area contributed by atoms with Crippen LogP contribution >= 0.6 is 27.5 Å². The number of rotatable bonds is 2. The number of benzene rings is 2. The van der Waals surface area contributed by atoms with E-state index in [9.17, 15) is 9.50 Å². The Morgan fingerprint density at radius 2 is 2.00 bits per heavy atom. The zero-order valence-electron chi connectivity index (χ0n) is 10.3. The first-order chi connectivity index (χ1) is 10.0. The topological polar surface area (TPSA) is 59.2 Å². The van der Waals surface area contributed by atoms with Crippen LogP contribution < -0.4 is 0 Å². The molecule has 0 spiro atoms. The van der Waals surface area contributed by atoms with Gasteiger partial charge in [0.2, 0.25) is 5.82 Å². The van der Waals surface area contributed by atoms with E-state index in [4.69, 9.17) is 16.1 Å². The van der Waals surface area contributed by atoms with Crippen molar-refractivity contribution in [3.63, 3.8) is 0 Å². The van der Waals surface area contributed by atoms with Gasteiger partial charge in [0.1, 0.15) is 11.6 Å². The predicted octanol–water partition coefficient (Wildman–Crippen LogP) is 4.66. The Morgan fingerprint density at radius 1 is 1.19 bits per heavy atom. The van der Waals surface area contributed by atoms with Crippen molar-refractivity contribution in [3.8, 4) is 28.6 Å². The minimum Gasteiger partial charge on any atom is -0.507 e. The molecule has 0 saturated carbocycles. The van der Waals surface area contributed by atoms with Crippen LogP contribution in [0.15, 0.2) is 45.4 Å². The predicted molar refractivity (Wildman–Crippen MR) is 79.5 cm³/mol. The van der Waals surface area contributed by atoms with Crippen molar-refractivity contribution in [1.82, 2.24) is 10.1 Å². The number of aromatic hydroxyl groups is 1. The molecule has 1 heterocycles. The first-order valence-electron chi connectivity index (χ1n) is 5.82. The highest BCUT2D eigenvalue weighted by molar-refractivity contribution is 9.10. The van der Waals surface area contributed by atoms with Gasteiger partial charge in [-0.05, 0) is 36.4 Å². The largest absolute Gasteiger partial charge is 0.507 e. The van der Waals surface area contributed by atoms with Crippen molar-refractivity contribution in [1.29, 1.82) is 0 Å². The molecule has 0 amide bonds. The van der Waals surface area contributed by atoms with E-state index in [1.165, 1.54) is 24.3 Å². The summed E-state index contributed by atoms with van der Waals surface area (Å²) in [5.74, 6) is -0.138. The molecule has 0 unspecified atom stereocenters. The lowest BCUT2D eigenvalue weighted by molar-refractivity contribution is 0.425. The quantitative estimate of drug-likeness (QED) is 0.713. The smallest absolute Gasteiger partial charge is 0.262 e. The van der Waals surface area contributed by atoms with E-state index < -0.39 is 5.82 Å². The van der Waals surface area contributed by atoms with E-state index in [2.05, 4.69) is 26.1 Å². The summed E-state index contributed by atoms with van der Waals surface area (Å²) in [6.45, 7) is 0. The minimum absolute atomic E-state index is 0.0324. The molecule has 3 aromatic rings. The van der Waals surface area contributed by atoms with Crippen LogP contribution in [0.2, 0.25) is 5.02 Å². The normalized spacial score (nSPS) is 10.8. The van der Waals surface area contributed by atoms with Crippen molar-refractivity contribution in [2.24, 2.45) is 0 Å². The standard InChI is InChI=1S/C14H7BrClFN2O2/c15-8-3-7(4-10(17)5-8)13-18-14(21-19-13)11-6-9(16)1-2-12(11)20/h1-6,20H. The second-order valence-electron chi connectivity index (χ2n) is 4.24. The fourth-order valence-corrected chi connectivity index (χ4v) is 2.45. The zero-order valence-corrected chi connectivity index (χ0v) is 12.7. The molecule has 1 aromatic heterocycles. The van der Waals surface area contributed by atoms with E-state index in [0.717, 1.165) is 0 Å². The highest BCUT2D eigenvalue weighted by Crippen LogP contribution is 2.32. The average Bonchev–Trinajstić information content (AvgIpc) is 2.90. The molecule has 4 nitrogen and oxygen atoms in total. The molecule has 0 aliphatic heterocycles. The van der Waals surface area contributed by atoms with E-state index >= 15 is 0 Å². The van der Waals surface area contributed by atoms with Gasteiger partial charge in [-0.3, -0.25) is 0 Å². The number of hydrogen-bond acceptors (Lipinski definition) is 4. The molecule has 1 N–H and O–H groups in total. The van der Waals surface area contributed by atoms with Crippen molar-refractivity contribution in [2.75, 3.05) is 0 Å². The summed E-state index contributed by atoms with van der Waals surface area (Å²) in [7, 11) is 0. The molecule has 0 saturated heterocycles. The maximum atomic E-state index is 13.4. The van der Waals surface area contributed by atoms with E-state index in [-0.39, 0.29) is 17.5 Å². The number of nitrogens with zero attached hydrogens (tertiary/aromatic N) is 2. The Hall–Kier alpha value is -1.92. The van der Waals surface area contributed by atoms with Gasteiger partial charge < -0.3 is 9.63 Å². The van der Waals surface area contributed by atoms with E-state index in [1.807, 2.05) is 0 Å². The first kappa shape index (κ1) is 14.0. The molecule has 0 aliphatic carbocycles. The van der Waals surface area contributed by atoms with Crippen LogP contribution in [-0.4, -0.2) is 15.2 Å². The van der Waals surface area contributed by atoms with Gasteiger partial charge in [0.25, 0.3) is 5.89 Å². The van der Waals surface area contributed by atoms with Crippen molar-refractivity contribution < 1.29 is 14.0 Å². The number of phenolic OH excluding ortho intramolecular Hbond substituents is 1.